The summed E-state index contributed by atoms with van der Waals surface area (Å²) in [5, 5.41) is 0. The molecular weight excluding hydrogens is 260 g/mol. The summed E-state index contributed by atoms with van der Waals surface area (Å²) in [5.74, 6) is -0.419. The second-order valence-electron chi connectivity index (χ2n) is 4.87. The van der Waals surface area contributed by atoms with Gasteiger partial charge in [0.15, 0.2) is 0 Å². The summed E-state index contributed by atoms with van der Waals surface area (Å²) in [4.78, 5) is 34.3. The van der Waals surface area contributed by atoms with Gasteiger partial charge >= 0.3 is 11.9 Å². The topological polar surface area (TPSA) is 69.7 Å². The number of hydrogen-bond donors (Lipinski definition) is 0. The molecule has 0 radical (unpaired) electrons. The summed E-state index contributed by atoms with van der Waals surface area (Å²) >= 11 is 0. The van der Waals surface area contributed by atoms with E-state index in [2.05, 4.69) is 4.74 Å². The van der Waals surface area contributed by atoms with Crippen molar-refractivity contribution in [1.82, 2.24) is 0 Å². The Bertz CT molecular complexity index is 386. The number of methoxy groups -OCH3 is 1. The van der Waals surface area contributed by atoms with Crippen LogP contribution in [0.4, 0.5) is 0 Å². The van der Waals surface area contributed by atoms with Crippen LogP contribution >= 0.6 is 0 Å². The third kappa shape index (κ3) is 5.15. The van der Waals surface area contributed by atoms with Crippen LogP contribution in [0.15, 0.2) is 12.2 Å². The molecule has 0 bridgehead atoms. The Kier molecular flexibility index (Phi) is 6.98. The average molecular weight is 282 g/mol. The normalized spacial score (nSPS) is 22.2. The first kappa shape index (κ1) is 16.4. The van der Waals surface area contributed by atoms with Crippen LogP contribution in [-0.2, 0) is 23.9 Å². The van der Waals surface area contributed by atoms with Crippen LogP contribution in [0.2, 0.25) is 0 Å². The van der Waals surface area contributed by atoms with Gasteiger partial charge < -0.3 is 9.47 Å². The van der Waals surface area contributed by atoms with Crippen LogP contribution in [-0.4, -0.2) is 31.4 Å². The van der Waals surface area contributed by atoms with E-state index in [9.17, 15) is 14.4 Å². The van der Waals surface area contributed by atoms with Crippen LogP contribution in [0, 0.1) is 11.8 Å². The molecule has 1 aliphatic carbocycles. The Balaban J connectivity index is 2.45. The lowest BCUT2D eigenvalue weighted by atomic mass is 9.89. The minimum absolute atomic E-state index is 0.0596. The van der Waals surface area contributed by atoms with Gasteiger partial charge in [0.1, 0.15) is 5.78 Å². The van der Waals surface area contributed by atoms with Gasteiger partial charge in [-0.15, -0.1) is 0 Å². The first-order chi connectivity index (χ1) is 9.58. The van der Waals surface area contributed by atoms with E-state index in [-0.39, 0.29) is 36.0 Å². The molecule has 0 aromatic carbocycles. The van der Waals surface area contributed by atoms with Crippen molar-refractivity contribution >= 4 is 17.7 Å². The average Bonchev–Trinajstić information content (AvgIpc) is 2.75. The molecule has 5 nitrogen and oxygen atoms in total. The van der Waals surface area contributed by atoms with Crippen molar-refractivity contribution in [3.05, 3.63) is 12.2 Å². The molecule has 2 atom stereocenters. The lowest BCUT2D eigenvalue weighted by Gasteiger charge is -2.15. The summed E-state index contributed by atoms with van der Waals surface area (Å²) in [6, 6.07) is 0. The van der Waals surface area contributed by atoms with E-state index < -0.39 is 0 Å². The van der Waals surface area contributed by atoms with Crippen molar-refractivity contribution in [3.8, 4) is 0 Å². The van der Waals surface area contributed by atoms with Gasteiger partial charge in [-0.3, -0.25) is 14.4 Å². The SMILES string of the molecule is CCOC(=O)C[C@H]1CCC(=O)[C@@H]1C/C=C/CC(=O)OC. The number of ketones is 1. The van der Waals surface area contributed by atoms with E-state index in [1.165, 1.54) is 7.11 Å². The Labute approximate surface area is 119 Å². The van der Waals surface area contributed by atoms with Gasteiger partial charge in [-0.1, -0.05) is 12.2 Å². The Hall–Kier alpha value is -1.65. The standard InChI is InChI=1S/C15H22O5/c1-3-20-15(18)10-11-8-9-13(16)12(11)6-4-5-7-14(17)19-2/h4-5,11-12H,3,6-10H2,1-2H3/b5-4+/t11-,12-/m1/s1. The molecule has 0 saturated heterocycles. The Morgan fingerprint density at radius 1 is 1.30 bits per heavy atom. The minimum Gasteiger partial charge on any atom is -0.469 e. The first-order valence-corrected chi connectivity index (χ1v) is 6.98. The fourth-order valence-corrected chi connectivity index (χ4v) is 2.49. The molecular formula is C15H22O5. The van der Waals surface area contributed by atoms with Crippen LogP contribution in [0.25, 0.3) is 0 Å². The summed E-state index contributed by atoms with van der Waals surface area (Å²) in [5.41, 5.74) is 0. The highest BCUT2D eigenvalue weighted by Gasteiger charge is 2.35. The van der Waals surface area contributed by atoms with Crippen molar-refractivity contribution in [2.24, 2.45) is 11.8 Å². The summed E-state index contributed by atoms with van der Waals surface area (Å²) in [6.45, 7) is 2.13. The molecule has 1 saturated carbocycles. The monoisotopic (exact) mass is 282 g/mol. The van der Waals surface area contributed by atoms with Crippen molar-refractivity contribution in [2.75, 3.05) is 13.7 Å². The van der Waals surface area contributed by atoms with Gasteiger partial charge in [0.25, 0.3) is 0 Å². The van der Waals surface area contributed by atoms with Gasteiger partial charge in [-0.2, -0.15) is 0 Å². The first-order valence-electron chi connectivity index (χ1n) is 6.98. The highest BCUT2D eigenvalue weighted by atomic mass is 16.5. The van der Waals surface area contributed by atoms with Crippen LogP contribution in [0.5, 0.6) is 0 Å². The van der Waals surface area contributed by atoms with Crippen molar-refractivity contribution in [2.45, 2.75) is 39.0 Å². The maximum absolute atomic E-state index is 11.8. The molecule has 1 fully saturated rings. The molecule has 20 heavy (non-hydrogen) atoms. The number of Topliss-reactive ketones (excluding diaryl/α,β-unsaturated/α-hetero) is 1. The van der Waals surface area contributed by atoms with Gasteiger partial charge in [0.05, 0.1) is 20.1 Å². The number of hydrogen-bond acceptors (Lipinski definition) is 5. The molecule has 0 aromatic rings. The number of carbonyl (C=O) groups is 3. The molecule has 0 heterocycles. The fourth-order valence-electron chi connectivity index (χ4n) is 2.49. The van der Waals surface area contributed by atoms with Crippen molar-refractivity contribution in [3.63, 3.8) is 0 Å². The number of esters is 2. The third-order valence-electron chi connectivity index (χ3n) is 3.55. The molecule has 1 rings (SSSR count). The van der Waals surface area contributed by atoms with Crippen LogP contribution in [0.1, 0.15) is 39.0 Å². The molecule has 0 aliphatic heterocycles. The summed E-state index contributed by atoms with van der Waals surface area (Å²) in [7, 11) is 1.34. The fraction of sp³-hybridized carbons (Fsp3) is 0.667. The number of carbonyl (C=O) groups excluding carboxylic acids is 3. The third-order valence-corrected chi connectivity index (χ3v) is 3.55. The number of allylic oxidation sites excluding steroid dienone is 1. The van der Waals surface area contributed by atoms with E-state index >= 15 is 0 Å². The Morgan fingerprint density at radius 3 is 2.70 bits per heavy atom. The molecule has 0 spiro atoms. The van der Waals surface area contributed by atoms with Crippen LogP contribution < -0.4 is 0 Å². The maximum atomic E-state index is 11.8. The lowest BCUT2D eigenvalue weighted by Crippen LogP contribution is -2.18. The van der Waals surface area contributed by atoms with Gasteiger partial charge in [-0.25, -0.2) is 0 Å². The van der Waals surface area contributed by atoms with E-state index in [1.54, 1.807) is 13.0 Å². The van der Waals surface area contributed by atoms with E-state index in [0.717, 1.165) is 6.42 Å². The zero-order chi connectivity index (χ0) is 15.0. The zero-order valence-corrected chi connectivity index (χ0v) is 12.1. The van der Waals surface area contributed by atoms with Gasteiger partial charge in [0, 0.05) is 18.8 Å². The molecule has 1 aliphatic rings. The highest BCUT2D eigenvalue weighted by Crippen LogP contribution is 2.34. The molecule has 0 amide bonds. The zero-order valence-electron chi connectivity index (χ0n) is 12.1. The molecule has 5 heteroatoms. The molecule has 0 aromatic heterocycles. The number of rotatable bonds is 7. The minimum atomic E-state index is -0.304. The second kappa shape index (κ2) is 8.51. The largest absolute Gasteiger partial charge is 0.469 e. The molecule has 0 unspecified atom stereocenters. The quantitative estimate of drug-likeness (QED) is 0.528. The van der Waals surface area contributed by atoms with E-state index in [1.807, 2.05) is 6.08 Å². The summed E-state index contributed by atoms with van der Waals surface area (Å²) in [6.07, 6.45) is 5.88. The highest BCUT2D eigenvalue weighted by molar-refractivity contribution is 5.84. The van der Waals surface area contributed by atoms with E-state index in [4.69, 9.17) is 4.74 Å². The van der Waals surface area contributed by atoms with Crippen molar-refractivity contribution < 1.29 is 23.9 Å². The predicted molar refractivity (Wildman–Crippen MR) is 72.9 cm³/mol. The van der Waals surface area contributed by atoms with Crippen molar-refractivity contribution in [1.29, 1.82) is 0 Å². The van der Waals surface area contributed by atoms with E-state index in [0.29, 0.717) is 25.9 Å². The maximum Gasteiger partial charge on any atom is 0.309 e. The second-order valence-corrected chi connectivity index (χ2v) is 4.87. The van der Waals surface area contributed by atoms with Gasteiger partial charge in [0.2, 0.25) is 0 Å². The molecule has 112 valence electrons. The number of ether oxygens (including phenoxy) is 2. The molecule has 0 N–H and O–H groups in total. The van der Waals surface area contributed by atoms with Crippen LogP contribution in [0.3, 0.4) is 0 Å². The smallest absolute Gasteiger partial charge is 0.309 e. The predicted octanol–water partition coefficient (Wildman–Crippen LogP) is 2.04. The summed E-state index contributed by atoms with van der Waals surface area (Å²) < 4.78 is 9.46. The lowest BCUT2D eigenvalue weighted by molar-refractivity contribution is -0.144. The van der Waals surface area contributed by atoms with Gasteiger partial charge in [-0.05, 0) is 25.7 Å². The Morgan fingerprint density at radius 2 is 2.05 bits per heavy atom.